The minimum Gasteiger partial charge on any atom is -0.309 e. The summed E-state index contributed by atoms with van der Waals surface area (Å²) in [6, 6.07) is 19.8. The Kier molecular flexibility index (Phi) is 5.49. The van der Waals surface area contributed by atoms with Crippen LogP contribution in [0.1, 0.15) is 32.4 Å². The van der Waals surface area contributed by atoms with Crippen LogP contribution < -0.4 is 5.32 Å². The average molecular weight is 299 g/mol. The third-order valence-electron chi connectivity index (χ3n) is 3.90. The molecule has 0 radical (unpaired) electrons. The maximum absolute atomic E-state index is 3.63. The highest BCUT2D eigenvalue weighted by molar-refractivity contribution is 7.99. The summed E-state index contributed by atoms with van der Waals surface area (Å²) in [4.78, 5) is 0. The van der Waals surface area contributed by atoms with Crippen molar-refractivity contribution >= 4 is 11.8 Å². The summed E-state index contributed by atoms with van der Waals surface area (Å²) in [7, 11) is 0. The van der Waals surface area contributed by atoms with Crippen LogP contribution >= 0.6 is 11.8 Å². The maximum atomic E-state index is 3.63. The van der Waals surface area contributed by atoms with Crippen LogP contribution in [-0.2, 0) is 0 Å². The second kappa shape index (κ2) is 7.15. The first-order chi connectivity index (χ1) is 10.0. The molecule has 0 aliphatic heterocycles. The van der Waals surface area contributed by atoms with Crippen LogP contribution in [0.4, 0.5) is 0 Å². The normalized spacial score (nSPS) is 13.1. The first-order valence-corrected chi connectivity index (χ1v) is 8.68. The highest BCUT2D eigenvalue weighted by atomic mass is 32.2. The number of nitrogens with one attached hydrogen (secondary N) is 1. The Morgan fingerprint density at radius 2 is 1.52 bits per heavy atom. The molecule has 1 atom stereocenters. The van der Waals surface area contributed by atoms with Gasteiger partial charge in [-0.25, -0.2) is 0 Å². The molecule has 0 aliphatic rings. The summed E-state index contributed by atoms with van der Waals surface area (Å²) >= 11 is 1.90. The van der Waals surface area contributed by atoms with Gasteiger partial charge in [0.15, 0.2) is 0 Å². The van der Waals surface area contributed by atoms with Crippen LogP contribution in [0.25, 0.3) is 11.1 Å². The second-order valence-electron chi connectivity index (χ2n) is 6.05. The van der Waals surface area contributed by atoms with Crippen molar-refractivity contribution in [3.05, 3.63) is 60.2 Å². The lowest BCUT2D eigenvalue weighted by Gasteiger charge is -2.25. The number of hydrogen-bond donors (Lipinski definition) is 1. The standard InChI is InChI=1S/C19H25NS/c1-15(20-14-19(2,3)21-4)16-10-12-18(13-11-16)17-8-6-5-7-9-17/h5-13,15,20H,14H2,1-4H3. The number of rotatable bonds is 6. The molecule has 2 aromatic rings. The van der Waals surface area contributed by atoms with Crippen LogP contribution in [-0.4, -0.2) is 17.5 Å². The fraction of sp³-hybridized carbons (Fsp3) is 0.368. The number of benzene rings is 2. The van der Waals surface area contributed by atoms with E-state index in [2.05, 4.69) is 86.9 Å². The van der Waals surface area contributed by atoms with E-state index in [-0.39, 0.29) is 4.75 Å². The van der Waals surface area contributed by atoms with Crippen molar-refractivity contribution in [2.24, 2.45) is 0 Å². The van der Waals surface area contributed by atoms with Crippen molar-refractivity contribution in [2.75, 3.05) is 12.8 Å². The van der Waals surface area contributed by atoms with Crippen molar-refractivity contribution in [2.45, 2.75) is 31.6 Å². The second-order valence-corrected chi connectivity index (χ2v) is 7.57. The summed E-state index contributed by atoms with van der Waals surface area (Å²) in [5, 5.41) is 3.63. The molecule has 1 N–H and O–H groups in total. The molecule has 0 aromatic heterocycles. The molecule has 21 heavy (non-hydrogen) atoms. The van der Waals surface area contributed by atoms with Crippen molar-refractivity contribution in [1.29, 1.82) is 0 Å². The van der Waals surface area contributed by atoms with Gasteiger partial charge >= 0.3 is 0 Å². The molecule has 0 fully saturated rings. The van der Waals surface area contributed by atoms with Crippen LogP contribution in [0.15, 0.2) is 54.6 Å². The fourth-order valence-corrected chi connectivity index (χ4v) is 2.41. The first-order valence-electron chi connectivity index (χ1n) is 7.46. The van der Waals surface area contributed by atoms with Gasteiger partial charge in [-0.15, -0.1) is 0 Å². The van der Waals surface area contributed by atoms with Gasteiger partial charge in [0, 0.05) is 17.3 Å². The first kappa shape index (κ1) is 16.1. The Bertz CT molecular complexity index is 546. The van der Waals surface area contributed by atoms with E-state index in [1.165, 1.54) is 16.7 Å². The molecule has 0 saturated carbocycles. The summed E-state index contributed by atoms with van der Waals surface area (Å²) in [6.45, 7) is 7.79. The third kappa shape index (κ3) is 4.62. The maximum Gasteiger partial charge on any atom is 0.0292 e. The number of hydrogen-bond acceptors (Lipinski definition) is 2. The Morgan fingerprint density at radius 3 is 2.10 bits per heavy atom. The largest absolute Gasteiger partial charge is 0.309 e. The summed E-state index contributed by atoms with van der Waals surface area (Å²) in [5.74, 6) is 0. The lowest BCUT2D eigenvalue weighted by atomic mass is 10.0. The van der Waals surface area contributed by atoms with Crippen LogP contribution in [0.5, 0.6) is 0 Å². The zero-order valence-electron chi connectivity index (χ0n) is 13.4. The zero-order chi connectivity index (χ0) is 15.3. The van der Waals surface area contributed by atoms with E-state index in [1.807, 2.05) is 11.8 Å². The van der Waals surface area contributed by atoms with E-state index in [9.17, 15) is 0 Å². The van der Waals surface area contributed by atoms with E-state index < -0.39 is 0 Å². The van der Waals surface area contributed by atoms with E-state index in [1.54, 1.807) is 0 Å². The highest BCUT2D eigenvalue weighted by Gasteiger charge is 2.17. The van der Waals surface area contributed by atoms with Crippen molar-refractivity contribution in [3.63, 3.8) is 0 Å². The Labute approximate surface area is 133 Å². The Morgan fingerprint density at radius 1 is 0.952 bits per heavy atom. The molecule has 0 bridgehead atoms. The van der Waals surface area contributed by atoms with Crippen molar-refractivity contribution in [3.8, 4) is 11.1 Å². The SMILES string of the molecule is CSC(C)(C)CNC(C)c1ccc(-c2ccccc2)cc1. The van der Waals surface area contributed by atoms with Crippen LogP contribution in [0, 0.1) is 0 Å². The summed E-state index contributed by atoms with van der Waals surface area (Å²) < 4.78 is 0.276. The predicted molar refractivity (Wildman–Crippen MR) is 95.9 cm³/mol. The molecule has 0 saturated heterocycles. The molecule has 0 aliphatic carbocycles. The minimum absolute atomic E-state index is 0.276. The van der Waals surface area contributed by atoms with Gasteiger partial charge in [-0.2, -0.15) is 11.8 Å². The minimum atomic E-state index is 0.276. The van der Waals surface area contributed by atoms with Crippen molar-refractivity contribution in [1.82, 2.24) is 5.32 Å². The smallest absolute Gasteiger partial charge is 0.0292 e. The molecule has 0 spiro atoms. The molecule has 1 unspecified atom stereocenters. The van der Waals surface area contributed by atoms with Crippen LogP contribution in [0.3, 0.4) is 0 Å². The molecular formula is C19H25NS. The van der Waals surface area contributed by atoms with Gasteiger partial charge in [0.1, 0.15) is 0 Å². The van der Waals surface area contributed by atoms with Gasteiger partial charge < -0.3 is 5.32 Å². The zero-order valence-corrected chi connectivity index (χ0v) is 14.2. The molecule has 0 amide bonds. The lowest BCUT2D eigenvalue weighted by molar-refractivity contribution is 0.522. The van der Waals surface area contributed by atoms with Gasteiger partial charge in [0.25, 0.3) is 0 Å². The molecule has 112 valence electrons. The monoisotopic (exact) mass is 299 g/mol. The molecular weight excluding hydrogens is 274 g/mol. The molecule has 2 aromatic carbocycles. The van der Waals surface area contributed by atoms with E-state index >= 15 is 0 Å². The lowest BCUT2D eigenvalue weighted by Crippen LogP contribution is -2.33. The van der Waals surface area contributed by atoms with Gasteiger partial charge in [0.05, 0.1) is 0 Å². The quantitative estimate of drug-likeness (QED) is 0.792. The Balaban J connectivity index is 2.02. The Hall–Kier alpha value is -1.25. The van der Waals surface area contributed by atoms with Gasteiger partial charge in [-0.05, 0) is 43.7 Å². The molecule has 2 rings (SSSR count). The molecule has 2 heteroatoms. The predicted octanol–water partition coefficient (Wildman–Crippen LogP) is 5.15. The van der Waals surface area contributed by atoms with E-state index in [0.29, 0.717) is 6.04 Å². The van der Waals surface area contributed by atoms with Gasteiger partial charge in [0.2, 0.25) is 0 Å². The molecule has 1 nitrogen and oxygen atoms in total. The number of thioether (sulfide) groups is 1. The summed E-state index contributed by atoms with van der Waals surface area (Å²) in [5.41, 5.74) is 3.88. The van der Waals surface area contributed by atoms with Crippen molar-refractivity contribution < 1.29 is 0 Å². The van der Waals surface area contributed by atoms with Crippen LogP contribution in [0.2, 0.25) is 0 Å². The summed E-state index contributed by atoms with van der Waals surface area (Å²) in [6.07, 6.45) is 2.17. The fourth-order valence-electron chi connectivity index (χ4n) is 2.18. The van der Waals surface area contributed by atoms with Gasteiger partial charge in [-0.1, -0.05) is 54.6 Å². The van der Waals surface area contributed by atoms with E-state index in [4.69, 9.17) is 0 Å². The third-order valence-corrected chi connectivity index (χ3v) is 5.15. The van der Waals surface area contributed by atoms with E-state index in [0.717, 1.165) is 6.54 Å². The topological polar surface area (TPSA) is 12.0 Å². The highest BCUT2D eigenvalue weighted by Crippen LogP contribution is 2.24. The average Bonchev–Trinajstić information content (AvgIpc) is 2.54. The molecule has 0 heterocycles. The van der Waals surface area contributed by atoms with Gasteiger partial charge in [-0.3, -0.25) is 0 Å².